The van der Waals surface area contributed by atoms with E-state index in [-0.39, 0.29) is 23.9 Å². The lowest BCUT2D eigenvalue weighted by Gasteiger charge is -2.30. The van der Waals surface area contributed by atoms with Crippen LogP contribution in [0.4, 0.5) is 0 Å². The number of aryl methyl sites for hydroxylation is 1. The van der Waals surface area contributed by atoms with Gasteiger partial charge in [0.1, 0.15) is 5.76 Å². The molecule has 1 aromatic heterocycles. The van der Waals surface area contributed by atoms with Crippen LogP contribution in [-0.4, -0.2) is 67.3 Å². The molecule has 0 aromatic carbocycles. The zero-order valence-electron chi connectivity index (χ0n) is 16.2. The largest absolute Gasteiger partial charge is 0.383 e. The SMILES string of the molecule is COCCNC(=O)C[C@H]1CC[C@@H](CNC(=O)c2cc(C)on2)N1CC1CC1. The molecule has 27 heavy (non-hydrogen) atoms. The Morgan fingerprint density at radius 1 is 1.26 bits per heavy atom. The third-order valence-electron chi connectivity index (χ3n) is 5.35. The predicted molar refractivity (Wildman–Crippen MR) is 99.3 cm³/mol. The summed E-state index contributed by atoms with van der Waals surface area (Å²) in [6.07, 6.45) is 5.00. The third-order valence-corrected chi connectivity index (χ3v) is 5.35. The molecular formula is C19H30N4O4. The number of hydrogen-bond acceptors (Lipinski definition) is 6. The molecule has 8 heteroatoms. The number of carbonyl (C=O) groups is 2. The standard InChI is InChI=1S/C19H30N4O4/c1-13-9-17(22-27-13)19(25)21-11-16-6-5-15(23(16)12-14-3-4-14)10-18(24)20-7-8-26-2/h9,14-16H,3-8,10-12H2,1-2H3,(H,20,24)(H,21,25)/t15-,16+/m1/s1. The van der Waals surface area contributed by atoms with Crippen molar-refractivity contribution < 1.29 is 18.8 Å². The van der Waals surface area contributed by atoms with E-state index in [0.29, 0.717) is 37.6 Å². The minimum atomic E-state index is -0.209. The van der Waals surface area contributed by atoms with Crippen LogP contribution in [0.15, 0.2) is 10.6 Å². The first-order valence-corrected chi connectivity index (χ1v) is 9.79. The number of methoxy groups -OCH3 is 1. The second-order valence-electron chi connectivity index (χ2n) is 7.60. The summed E-state index contributed by atoms with van der Waals surface area (Å²) in [6, 6.07) is 2.14. The molecular weight excluding hydrogens is 348 g/mol. The summed E-state index contributed by atoms with van der Waals surface area (Å²) in [5.74, 6) is 1.22. The van der Waals surface area contributed by atoms with E-state index in [2.05, 4.69) is 20.7 Å². The average molecular weight is 378 g/mol. The van der Waals surface area contributed by atoms with E-state index < -0.39 is 0 Å². The summed E-state index contributed by atoms with van der Waals surface area (Å²) in [7, 11) is 1.62. The maximum Gasteiger partial charge on any atom is 0.273 e. The number of nitrogens with zero attached hydrogens (tertiary/aromatic N) is 2. The molecule has 2 atom stereocenters. The van der Waals surface area contributed by atoms with Crippen molar-refractivity contribution in [3.63, 3.8) is 0 Å². The van der Waals surface area contributed by atoms with E-state index in [9.17, 15) is 9.59 Å². The molecule has 150 valence electrons. The van der Waals surface area contributed by atoms with Crippen LogP contribution in [0.3, 0.4) is 0 Å². The highest BCUT2D eigenvalue weighted by molar-refractivity contribution is 5.92. The molecule has 0 radical (unpaired) electrons. The number of aromatic nitrogens is 1. The molecule has 0 spiro atoms. The molecule has 3 rings (SSSR count). The molecule has 0 unspecified atom stereocenters. The summed E-state index contributed by atoms with van der Waals surface area (Å²) in [6.45, 7) is 4.42. The smallest absolute Gasteiger partial charge is 0.273 e. The van der Waals surface area contributed by atoms with Crippen molar-refractivity contribution in [3.05, 3.63) is 17.5 Å². The highest BCUT2D eigenvalue weighted by atomic mass is 16.5. The van der Waals surface area contributed by atoms with E-state index in [1.807, 2.05) is 0 Å². The number of amides is 2. The Hall–Kier alpha value is -1.93. The van der Waals surface area contributed by atoms with E-state index in [1.54, 1.807) is 20.1 Å². The van der Waals surface area contributed by atoms with Gasteiger partial charge in [-0.1, -0.05) is 5.16 Å². The highest BCUT2D eigenvalue weighted by Gasteiger charge is 2.38. The summed E-state index contributed by atoms with van der Waals surface area (Å²) < 4.78 is 9.94. The highest BCUT2D eigenvalue weighted by Crippen LogP contribution is 2.35. The lowest BCUT2D eigenvalue weighted by atomic mass is 10.1. The molecule has 2 fully saturated rings. The van der Waals surface area contributed by atoms with Crippen molar-refractivity contribution in [2.75, 3.05) is 33.4 Å². The quantitative estimate of drug-likeness (QED) is 0.592. The van der Waals surface area contributed by atoms with E-state index in [1.165, 1.54) is 12.8 Å². The molecule has 2 N–H and O–H groups in total. The molecule has 1 aromatic rings. The fraction of sp³-hybridized carbons (Fsp3) is 0.737. The van der Waals surface area contributed by atoms with Crippen molar-refractivity contribution in [2.24, 2.45) is 5.92 Å². The minimum absolute atomic E-state index is 0.0700. The molecule has 1 aliphatic heterocycles. The summed E-state index contributed by atoms with van der Waals surface area (Å²) in [5, 5.41) is 9.65. The number of ether oxygens (including phenoxy) is 1. The van der Waals surface area contributed by atoms with E-state index in [0.717, 1.165) is 25.3 Å². The van der Waals surface area contributed by atoms with Crippen molar-refractivity contribution in [3.8, 4) is 0 Å². The van der Waals surface area contributed by atoms with Crippen LogP contribution in [-0.2, 0) is 9.53 Å². The Bertz CT molecular complexity index is 643. The Morgan fingerprint density at radius 2 is 2.04 bits per heavy atom. The van der Waals surface area contributed by atoms with Gasteiger partial charge in [-0.15, -0.1) is 0 Å². The molecule has 8 nitrogen and oxygen atoms in total. The first kappa shape index (κ1) is 19.8. The summed E-state index contributed by atoms with van der Waals surface area (Å²) >= 11 is 0. The van der Waals surface area contributed by atoms with Crippen LogP contribution >= 0.6 is 0 Å². The van der Waals surface area contributed by atoms with Crippen molar-refractivity contribution in [2.45, 2.75) is 51.1 Å². The van der Waals surface area contributed by atoms with Gasteiger partial charge in [0.05, 0.1) is 6.61 Å². The topological polar surface area (TPSA) is 96.7 Å². The monoisotopic (exact) mass is 378 g/mol. The van der Waals surface area contributed by atoms with Gasteiger partial charge in [0, 0.05) is 51.3 Å². The van der Waals surface area contributed by atoms with Crippen LogP contribution in [0.25, 0.3) is 0 Å². The minimum Gasteiger partial charge on any atom is -0.383 e. The van der Waals surface area contributed by atoms with Crippen LogP contribution in [0, 0.1) is 12.8 Å². The number of carbonyl (C=O) groups excluding carboxylic acids is 2. The molecule has 2 heterocycles. The lowest BCUT2D eigenvalue weighted by Crippen LogP contribution is -2.45. The average Bonchev–Trinajstić information content (AvgIpc) is 3.24. The summed E-state index contributed by atoms with van der Waals surface area (Å²) in [5.41, 5.74) is 0.313. The molecule has 2 amide bonds. The van der Waals surface area contributed by atoms with Crippen LogP contribution in [0.1, 0.15) is 48.4 Å². The fourth-order valence-corrected chi connectivity index (χ4v) is 3.70. The number of likely N-dealkylation sites (tertiary alicyclic amines) is 1. The van der Waals surface area contributed by atoms with Crippen molar-refractivity contribution in [1.82, 2.24) is 20.7 Å². The Balaban J connectivity index is 1.51. The second kappa shape index (κ2) is 9.32. The molecule has 1 aliphatic carbocycles. The second-order valence-corrected chi connectivity index (χ2v) is 7.60. The summed E-state index contributed by atoms with van der Waals surface area (Å²) in [4.78, 5) is 26.9. The van der Waals surface area contributed by atoms with E-state index >= 15 is 0 Å². The molecule has 0 bridgehead atoms. The van der Waals surface area contributed by atoms with Gasteiger partial charge < -0.3 is 19.9 Å². The van der Waals surface area contributed by atoms with Gasteiger partial charge in [-0.2, -0.15) is 0 Å². The van der Waals surface area contributed by atoms with Gasteiger partial charge in [0.25, 0.3) is 5.91 Å². The maximum atomic E-state index is 12.2. The maximum absolute atomic E-state index is 12.2. The molecule has 2 aliphatic rings. The molecule has 1 saturated heterocycles. The van der Waals surface area contributed by atoms with Crippen LogP contribution in [0.2, 0.25) is 0 Å². The van der Waals surface area contributed by atoms with Gasteiger partial charge in [0.15, 0.2) is 5.69 Å². The number of hydrogen-bond donors (Lipinski definition) is 2. The Morgan fingerprint density at radius 3 is 2.70 bits per heavy atom. The zero-order chi connectivity index (χ0) is 19.2. The van der Waals surface area contributed by atoms with E-state index in [4.69, 9.17) is 9.26 Å². The first-order valence-electron chi connectivity index (χ1n) is 9.79. The lowest BCUT2D eigenvalue weighted by molar-refractivity contribution is -0.122. The van der Waals surface area contributed by atoms with Gasteiger partial charge in [-0.25, -0.2) is 0 Å². The zero-order valence-corrected chi connectivity index (χ0v) is 16.2. The normalized spacial score (nSPS) is 22.7. The number of nitrogens with one attached hydrogen (secondary N) is 2. The fourth-order valence-electron chi connectivity index (χ4n) is 3.70. The Labute approximate surface area is 160 Å². The first-order chi connectivity index (χ1) is 13.1. The van der Waals surface area contributed by atoms with Crippen LogP contribution < -0.4 is 10.6 Å². The molecule has 1 saturated carbocycles. The third kappa shape index (κ3) is 5.77. The van der Waals surface area contributed by atoms with Gasteiger partial charge in [-0.05, 0) is 38.5 Å². The van der Waals surface area contributed by atoms with Crippen molar-refractivity contribution in [1.29, 1.82) is 0 Å². The van der Waals surface area contributed by atoms with Gasteiger partial charge in [-0.3, -0.25) is 14.5 Å². The van der Waals surface area contributed by atoms with Gasteiger partial charge in [0.2, 0.25) is 5.91 Å². The predicted octanol–water partition coefficient (Wildman–Crippen LogP) is 1.11. The Kier molecular flexibility index (Phi) is 6.84. The van der Waals surface area contributed by atoms with Crippen LogP contribution in [0.5, 0.6) is 0 Å². The van der Waals surface area contributed by atoms with Gasteiger partial charge >= 0.3 is 0 Å². The number of rotatable bonds is 10. The van der Waals surface area contributed by atoms with Crippen molar-refractivity contribution >= 4 is 11.8 Å².